The van der Waals surface area contributed by atoms with E-state index in [1.807, 2.05) is 0 Å². The smallest absolute Gasteiger partial charge is 0.280 e. The molecule has 0 radical (unpaired) electrons. The van der Waals surface area contributed by atoms with Crippen LogP contribution in [0.1, 0.15) is 37.4 Å². The first kappa shape index (κ1) is 10.7. The summed E-state index contributed by atoms with van der Waals surface area (Å²) in [6.07, 6.45) is 6.19. The zero-order chi connectivity index (χ0) is 13.0. The van der Waals surface area contributed by atoms with Crippen LogP contribution >= 0.6 is 0 Å². The zero-order valence-corrected chi connectivity index (χ0v) is 10.6. The van der Waals surface area contributed by atoms with Crippen molar-refractivity contribution in [3.8, 4) is 0 Å². The molecular formula is C12H14N6O. The summed E-state index contributed by atoms with van der Waals surface area (Å²) in [6, 6.07) is 0. The minimum atomic E-state index is -0.104. The SMILES string of the molecule is Cn1c(=O)c2[nH]c(C3CCCC3)nc2n2ncnc12. The first-order valence-corrected chi connectivity index (χ1v) is 6.54. The Balaban J connectivity index is 2.06. The summed E-state index contributed by atoms with van der Waals surface area (Å²) < 4.78 is 3.11. The van der Waals surface area contributed by atoms with Gasteiger partial charge in [-0.15, -0.1) is 0 Å². The van der Waals surface area contributed by atoms with Crippen LogP contribution in [0.4, 0.5) is 0 Å². The Kier molecular flexibility index (Phi) is 2.06. The highest BCUT2D eigenvalue weighted by Crippen LogP contribution is 2.32. The summed E-state index contributed by atoms with van der Waals surface area (Å²) in [6.45, 7) is 0. The quantitative estimate of drug-likeness (QED) is 0.705. The molecule has 3 aromatic rings. The van der Waals surface area contributed by atoms with E-state index in [9.17, 15) is 4.79 Å². The maximum absolute atomic E-state index is 12.3. The van der Waals surface area contributed by atoms with E-state index in [-0.39, 0.29) is 5.56 Å². The molecule has 7 nitrogen and oxygen atoms in total. The maximum atomic E-state index is 12.3. The highest BCUT2D eigenvalue weighted by atomic mass is 16.1. The van der Waals surface area contributed by atoms with Gasteiger partial charge in [-0.1, -0.05) is 12.8 Å². The summed E-state index contributed by atoms with van der Waals surface area (Å²) in [7, 11) is 1.70. The maximum Gasteiger partial charge on any atom is 0.280 e. The number of nitrogens with one attached hydrogen (secondary N) is 1. The molecule has 1 aliphatic carbocycles. The second-order valence-corrected chi connectivity index (χ2v) is 5.14. The molecule has 0 spiro atoms. The fourth-order valence-corrected chi connectivity index (χ4v) is 2.95. The second-order valence-electron chi connectivity index (χ2n) is 5.14. The topological polar surface area (TPSA) is 80.9 Å². The molecule has 7 heteroatoms. The Morgan fingerprint density at radius 2 is 2.16 bits per heavy atom. The third kappa shape index (κ3) is 1.38. The van der Waals surface area contributed by atoms with Gasteiger partial charge in [0.2, 0.25) is 5.78 Å². The van der Waals surface area contributed by atoms with E-state index in [4.69, 9.17) is 0 Å². The number of hydrogen-bond acceptors (Lipinski definition) is 4. The molecule has 0 saturated heterocycles. The van der Waals surface area contributed by atoms with Crippen LogP contribution in [0.15, 0.2) is 11.1 Å². The molecule has 0 bridgehead atoms. The fourth-order valence-electron chi connectivity index (χ4n) is 2.95. The highest BCUT2D eigenvalue weighted by molar-refractivity contribution is 5.72. The summed E-state index contributed by atoms with van der Waals surface area (Å²) in [4.78, 5) is 24.2. The largest absolute Gasteiger partial charge is 0.336 e. The lowest BCUT2D eigenvalue weighted by molar-refractivity contribution is 0.680. The van der Waals surface area contributed by atoms with Crippen LogP contribution in [-0.2, 0) is 7.05 Å². The molecule has 0 aliphatic heterocycles. The van der Waals surface area contributed by atoms with Gasteiger partial charge < -0.3 is 4.98 Å². The molecule has 3 heterocycles. The monoisotopic (exact) mass is 258 g/mol. The van der Waals surface area contributed by atoms with E-state index in [0.29, 0.717) is 22.9 Å². The third-order valence-corrected chi connectivity index (χ3v) is 3.99. The van der Waals surface area contributed by atoms with Gasteiger partial charge in [-0.3, -0.25) is 9.36 Å². The van der Waals surface area contributed by atoms with Gasteiger partial charge in [0.05, 0.1) is 0 Å². The second kappa shape index (κ2) is 3.66. The van der Waals surface area contributed by atoms with Gasteiger partial charge in [0.25, 0.3) is 5.56 Å². The van der Waals surface area contributed by atoms with Crippen molar-refractivity contribution in [2.75, 3.05) is 0 Å². The number of nitrogens with zero attached hydrogens (tertiary/aromatic N) is 5. The minimum absolute atomic E-state index is 0.104. The Hall–Kier alpha value is -2.18. The lowest BCUT2D eigenvalue weighted by atomic mass is 10.1. The van der Waals surface area contributed by atoms with Gasteiger partial charge in [0, 0.05) is 13.0 Å². The van der Waals surface area contributed by atoms with Crippen molar-refractivity contribution in [1.82, 2.24) is 29.1 Å². The Bertz CT molecular complexity index is 820. The van der Waals surface area contributed by atoms with E-state index >= 15 is 0 Å². The molecule has 3 aromatic heterocycles. The molecule has 0 unspecified atom stereocenters. The number of fused-ring (bicyclic) bond motifs is 3. The third-order valence-electron chi connectivity index (χ3n) is 3.99. The number of aromatic amines is 1. The van der Waals surface area contributed by atoms with Crippen LogP contribution in [-0.4, -0.2) is 29.1 Å². The Morgan fingerprint density at radius 1 is 1.37 bits per heavy atom. The summed E-state index contributed by atoms with van der Waals surface area (Å²) in [5, 5.41) is 4.15. The predicted molar refractivity (Wildman–Crippen MR) is 69.1 cm³/mol. The highest BCUT2D eigenvalue weighted by Gasteiger charge is 2.22. The zero-order valence-electron chi connectivity index (χ0n) is 10.6. The molecule has 1 fully saturated rings. The number of hydrogen-bond donors (Lipinski definition) is 1. The lowest BCUT2D eigenvalue weighted by Crippen LogP contribution is -2.20. The Morgan fingerprint density at radius 3 is 2.95 bits per heavy atom. The van der Waals surface area contributed by atoms with E-state index in [2.05, 4.69) is 20.1 Å². The van der Waals surface area contributed by atoms with Gasteiger partial charge in [-0.05, 0) is 12.8 Å². The van der Waals surface area contributed by atoms with Gasteiger partial charge in [0.15, 0.2) is 11.2 Å². The van der Waals surface area contributed by atoms with E-state index < -0.39 is 0 Å². The predicted octanol–water partition coefficient (Wildman–Crippen LogP) is 0.962. The first-order chi connectivity index (χ1) is 9.25. The van der Waals surface area contributed by atoms with E-state index in [0.717, 1.165) is 18.7 Å². The van der Waals surface area contributed by atoms with Crippen molar-refractivity contribution in [3.63, 3.8) is 0 Å². The minimum Gasteiger partial charge on any atom is -0.336 e. The van der Waals surface area contributed by atoms with Crippen molar-refractivity contribution in [2.24, 2.45) is 7.05 Å². The molecule has 0 atom stereocenters. The summed E-state index contributed by atoms with van der Waals surface area (Å²) in [5.74, 6) is 1.87. The normalized spacial score (nSPS) is 16.9. The van der Waals surface area contributed by atoms with Crippen molar-refractivity contribution in [2.45, 2.75) is 31.6 Å². The molecule has 4 rings (SSSR count). The average Bonchev–Trinajstić information content (AvgIpc) is 3.11. The average molecular weight is 258 g/mol. The van der Waals surface area contributed by atoms with Gasteiger partial charge in [-0.25, -0.2) is 4.98 Å². The van der Waals surface area contributed by atoms with Crippen LogP contribution in [0.2, 0.25) is 0 Å². The number of imidazole rings is 1. The standard InChI is InChI=1S/C12H14N6O/c1-17-11(19)8-10(18-12(17)13-6-14-18)16-9(15-8)7-4-2-3-5-7/h6-7H,2-5H2,1H3,(H,15,16). The van der Waals surface area contributed by atoms with Gasteiger partial charge >= 0.3 is 0 Å². The molecule has 98 valence electrons. The summed E-state index contributed by atoms with van der Waals surface area (Å²) in [5.41, 5.74) is 0.993. The molecule has 0 amide bonds. The van der Waals surface area contributed by atoms with Gasteiger partial charge in [-0.2, -0.15) is 14.6 Å². The van der Waals surface area contributed by atoms with Crippen molar-refractivity contribution >= 4 is 16.9 Å². The van der Waals surface area contributed by atoms with Crippen molar-refractivity contribution in [3.05, 3.63) is 22.5 Å². The van der Waals surface area contributed by atoms with E-state index in [1.54, 1.807) is 11.6 Å². The van der Waals surface area contributed by atoms with Crippen molar-refractivity contribution < 1.29 is 0 Å². The molecule has 1 N–H and O–H groups in total. The van der Waals surface area contributed by atoms with Crippen LogP contribution < -0.4 is 5.56 Å². The number of aryl methyl sites for hydroxylation is 1. The lowest BCUT2D eigenvalue weighted by Gasteiger charge is -2.02. The number of H-pyrrole nitrogens is 1. The Labute approximate surface area is 108 Å². The van der Waals surface area contributed by atoms with Crippen LogP contribution in [0, 0.1) is 0 Å². The fraction of sp³-hybridized carbons (Fsp3) is 0.500. The molecule has 19 heavy (non-hydrogen) atoms. The number of rotatable bonds is 1. The van der Waals surface area contributed by atoms with Crippen LogP contribution in [0.5, 0.6) is 0 Å². The van der Waals surface area contributed by atoms with Crippen molar-refractivity contribution in [1.29, 1.82) is 0 Å². The number of aromatic nitrogens is 6. The molecule has 1 saturated carbocycles. The molecular weight excluding hydrogens is 244 g/mol. The van der Waals surface area contributed by atoms with Gasteiger partial charge in [0.1, 0.15) is 12.2 Å². The van der Waals surface area contributed by atoms with E-state index in [1.165, 1.54) is 23.7 Å². The molecule has 0 aromatic carbocycles. The first-order valence-electron chi connectivity index (χ1n) is 6.54. The van der Waals surface area contributed by atoms with Crippen LogP contribution in [0.3, 0.4) is 0 Å². The van der Waals surface area contributed by atoms with Crippen LogP contribution in [0.25, 0.3) is 16.9 Å². The molecule has 1 aliphatic rings. The summed E-state index contributed by atoms with van der Waals surface area (Å²) >= 11 is 0.